The van der Waals surface area contributed by atoms with Gasteiger partial charge >= 0.3 is 5.91 Å². The number of rotatable bonds is 3. The van der Waals surface area contributed by atoms with E-state index >= 15 is 0 Å². The van der Waals surface area contributed by atoms with Crippen molar-refractivity contribution in [1.29, 1.82) is 0 Å². The average molecular weight is 229 g/mol. The topological polar surface area (TPSA) is 66.4 Å². The van der Waals surface area contributed by atoms with Gasteiger partial charge in [0.15, 0.2) is 0 Å². The Hall–Kier alpha value is -2.20. The Balaban J connectivity index is 2.25. The first-order chi connectivity index (χ1) is 8.20. The number of ketones is 1. The number of nitrogens with one attached hydrogen (secondary N) is 1. The second-order valence-electron chi connectivity index (χ2n) is 3.72. The minimum absolute atomic E-state index is 0.0166. The van der Waals surface area contributed by atoms with Gasteiger partial charge < -0.3 is 0 Å². The quantitative estimate of drug-likeness (QED) is 0.475. The van der Waals surface area contributed by atoms with E-state index in [0.717, 1.165) is 16.3 Å². The SMILES string of the molecule is O=C(Cc1ccc2ccccc2c1)C(=O)NO. The molecule has 4 heteroatoms. The Bertz CT molecular complexity index is 578. The third kappa shape index (κ3) is 2.49. The van der Waals surface area contributed by atoms with Crippen LogP contribution in [-0.2, 0) is 16.0 Å². The molecular formula is C13H11NO3. The van der Waals surface area contributed by atoms with Crippen LogP contribution >= 0.6 is 0 Å². The van der Waals surface area contributed by atoms with Gasteiger partial charge in [0, 0.05) is 6.42 Å². The predicted molar refractivity (Wildman–Crippen MR) is 62.6 cm³/mol. The van der Waals surface area contributed by atoms with Crippen molar-refractivity contribution < 1.29 is 14.8 Å². The van der Waals surface area contributed by atoms with Crippen LogP contribution in [0.5, 0.6) is 0 Å². The highest BCUT2D eigenvalue weighted by Crippen LogP contribution is 2.15. The van der Waals surface area contributed by atoms with Crippen molar-refractivity contribution >= 4 is 22.5 Å². The highest BCUT2D eigenvalue weighted by atomic mass is 16.5. The first-order valence-corrected chi connectivity index (χ1v) is 5.15. The fourth-order valence-electron chi connectivity index (χ4n) is 1.68. The summed E-state index contributed by atoms with van der Waals surface area (Å²) in [5.74, 6) is -1.65. The molecule has 0 aromatic heterocycles. The van der Waals surface area contributed by atoms with Crippen LogP contribution in [0.25, 0.3) is 10.8 Å². The van der Waals surface area contributed by atoms with Gasteiger partial charge in [-0.2, -0.15) is 0 Å². The smallest absolute Gasteiger partial charge is 0.288 e. The molecule has 86 valence electrons. The first-order valence-electron chi connectivity index (χ1n) is 5.15. The van der Waals surface area contributed by atoms with Crippen LogP contribution in [0.15, 0.2) is 42.5 Å². The van der Waals surface area contributed by atoms with Crippen molar-refractivity contribution in [2.75, 3.05) is 0 Å². The van der Waals surface area contributed by atoms with Crippen LogP contribution in [0.3, 0.4) is 0 Å². The molecule has 4 nitrogen and oxygen atoms in total. The standard InChI is InChI=1S/C13H11NO3/c15-12(13(16)14-17)8-9-5-6-10-3-1-2-4-11(10)7-9/h1-7,17H,8H2,(H,14,16). The van der Waals surface area contributed by atoms with E-state index in [1.165, 1.54) is 5.48 Å². The Morgan fingerprint density at radius 1 is 1.06 bits per heavy atom. The van der Waals surface area contributed by atoms with E-state index in [9.17, 15) is 9.59 Å². The highest BCUT2D eigenvalue weighted by molar-refractivity contribution is 6.36. The minimum Gasteiger partial charge on any atom is -0.288 e. The van der Waals surface area contributed by atoms with E-state index in [0.29, 0.717) is 0 Å². The summed E-state index contributed by atoms with van der Waals surface area (Å²) in [6.45, 7) is 0. The molecular weight excluding hydrogens is 218 g/mol. The van der Waals surface area contributed by atoms with E-state index in [-0.39, 0.29) is 6.42 Å². The van der Waals surface area contributed by atoms with E-state index in [2.05, 4.69) is 0 Å². The molecule has 0 radical (unpaired) electrons. The molecule has 0 bridgehead atoms. The largest absolute Gasteiger partial charge is 0.311 e. The zero-order valence-electron chi connectivity index (χ0n) is 9.01. The van der Waals surface area contributed by atoms with E-state index in [1.807, 2.05) is 36.4 Å². The molecule has 0 aliphatic rings. The number of benzene rings is 2. The maximum atomic E-state index is 11.3. The lowest BCUT2D eigenvalue weighted by Crippen LogP contribution is -2.29. The number of hydrogen-bond donors (Lipinski definition) is 2. The molecule has 17 heavy (non-hydrogen) atoms. The summed E-state index contributed by atoms with van der Waals surface area (Å²) in [6.07, 6.45) is -0.0166. The fraction of sp³-hybridized carbons (Fsp3) is 0.0769. The zero-order valence-corrected chi connectivity index (χ0v) is 9.01. The molecule has 0 heterocycles. The Morgan fingerprint density at radius 3 is 2.47 bits per heavy atom. The molecule has 0 atom stereocenters. The maximum absolute atomic E-state index is 11.3. The number of fused-ring (bicyclic) bond motifs is 1. The molecule has 0 saturated heterocycles. The third-order valence-electron chi connectivity index (χ3n) is 2.53. The van der Waals surface area contributed by atoms with Gasteiger partial charge in [-0.05, 0) is 16.3 Å². The van der Waals surface area contributed by atoms with E-state index < -0.39 is 11.7 Å². The van der Waals surface area contributed by atoms with Gasteiger partial charge in [0.1, 0.15) is 0 Å². The monoisotopic (exact) mass is 229 g/mol. The van der Waals surface area contributed by atoms with Gasteiger partial charge in [-0.1, -0.05) is 42.5 Å². The van der Waals surface area contributed by atoms with Crippen LogP contribution in [0, 0.1) is 0 Å². The van der Waals surface area contributed by atoms with Gasteiger partial charge in [-0.3, -0.25) is 14.8 Å². The first kappa shape index (κ1) is 11.3. The lowest BCUT2D eigenvalue weighted by molar-refractivity contribution is -0.142. The Kier molecular flexibility index (Phi) is 3.16. The Morgan fingerprint density at radius 2 is 1.76 bits per heavy atom. The number of Topliss-reactive ketones (excluding diaryl/α,β-unsaturated/α-hetero) is 1. The summed E-state index contributed by atoms with van der Waals surface area (Å²) in [4.78, 5) is 22.2. The lowest BCUT2D eigenvalue weighted by atomic mass is 10.0. The van der Waals surface area contributed by atoms with Gasteiger partial charge in [0.2, 0.25) is 5.78 Å². The highest BCUT2D eigenvalue weighted by Gasteiger charge is 2.12. The molecule has 0 unspecified atom stereocenters. The van der Waals surface area contributed by atoms with E-state index in [4.69, 9.17) is 5.21 Å². The van der Waals surface area contributed by atoms with Gasteiger partial charge in [-0.15, -0.1) is 0 Å². The van der Waals surface area contributed by atoms with Crippen LogP contribution in [0.1, 0.15) is 5.56 Å². The average Bonchev–Trinajstić information content (AvgIpc) is 2.37. The second-order valence-corrected chi connectivity index (χ2v) is 3.72. The van der Waals surface area contributed by atoms with Crippen molar-refractivity contribution in [3.63, 3.8) is 0 Å². The molecule has 0 fully saturated rings. The van der Waals surface area contributed by atoms with Crippen LogP contribution in [-0.4, -0.2) is 16.9 Å². The normalized spacial score (nSPS) is 10.2. The third-order valence-corrected chi connectivity index (χ3v) is 2.53. The van der Waals surface area contributed by atoms with E-state index in [1.54, 1.807) is 6.07 Å². The number of hydrogen-bond acceptors (Lipinski definition) is 3. The molecule has 0 aliphatic heterocycles. The number of carbonyl (C=O) groups excluding carboxylic acids is 2. The van der Waals surface area contributed by atoms with Crippen molar-refractivity contribution in [3.8, 4) is 0 Å². The molecule has 0 aliphatic carbocycles. The Labute approximate surface area is 97.8 Å². The van der Waals surface area contributed by atoms with Gasteiger partial charge in [-0.25, -0.2) is 5.48 Å². The molecule has 2 aromatic rings. The number of carbonyl (C=O) groups is 2. The summed E-state index contributed by atoms with van der Waals surface area (Å²) in [5, 5.41) is 10.4. The predicted octanol–water partition coefficient (Wildman–Crippen LogP) is 1.46. The number of amides is 1. The van der Waals surface area contributed by atoms with Gasteiger partial charge in [0.25, 0.3) is 0 Å². The van der Waals surface area contributed by atoms with Crippen molar-refractivity contribution in [3.05, 3.63) is 48.0 Å². The van der Waals surface area contributed by atoms with Gasteiger partial charge in [0.05, 0.1) is 0 Å². The molecule has 1 amide bonds. The summed E-state index contributed by atoms with van der Waals surface area (Å²) in [7, 11) is 0. The second kappa shape index (κ2) is 4.76. The molecule has 0 saturated carbocycles. The minimum atomic E-state index is -0.988. The van der Waals surface area contributed by atoms with Crippen LogP contribution < -0.4 is 5.48 Å². The van der Waals surface area contributed by atoms with Crippen LogP contribution in [0.4, 0.5) is 0 Å². The molecule has 0 spiro atoms. The summed E-state index contributed by atoms with van der Waals surface area (Å²) in [6, 6.07) is 13.3. The fourth-order valence-corrected chi connectivity index (χ4v) is 1.68. The van der Waals surface area contributed by atoms with Crippen molar-refractivity contribution in [2.45, 2.75) is 6.42 Å². The lowest BCUT2D eigenvalue weighted by Gasteiger charge is -2.02. The number of hydroxylamine groups is 1. The summed E-state index contributed by atoms with van der Waals surface area (Å²) < 4.78 is 0. The maximum Gasteiger partial charge on any atom is 0.311 e. The summed E-state index contributed by atoms with van der Waals surface area (Å²) in [5.41, 5.74) is 2.08. The summed E-state index contributed by atoms with van der Waals surface area (Å²) >= 11 is 0. The zero-order chi connectivity index (χ0) is 12.3. The van der Waals surface area contributed by atoms with Crippen molar-refractivity contribution in [1.82, 2.24) is 5.48 Å². The molecule has 2 aromatic carbocycles. The van der Waals surface area contributed by atoms with Crippen molar-refractivity contribution in [2.24, 2.45) is 0 Å². The van der Waals surface area contributed by atoms with Crippen LogP contribution in [0.2, 0.25) is 0 Å². The molecule has 2 N–H and O–H groups in total. The molecule has 2 rings (SSSR count).